The Balaban J connectivity index is 2.04. The Bertz CT molecular complexity index is 790. The molecule has 0 aliphatic rings. The standard InChI is InChI=1S/C18H19N3O5/c1-25-11-10-19-16(22)14-4-3-5-15(21-14)17(23)20-13-8-6-12(7-9-13)18(24)26-2/h3-9H,10-11H2,1-2H3,(H,19,22)(H,20,23). The summed E-state index contributed by atoms with van der Waals surface area (Å²) in [6, 6.07) is 10.8. The maximum absolute atomic E-state index is 12.3. The molecule has 0 radical (unpaired) electrons. The van der Waals surface area contributed by atoms with Crippen LogP contribution in [0.25, 0.3) is 0 Å². The number of aromatic nitrogens is 1. The van der Waals surface area contributed by atoms with Gasteiger partial charge in [0.1, 0.15) is 11.4 Å². The van der Waals surface area contributed by atoms with E-state index in [0.29, 0.717) is 24.4 Å². The minimum absolute atomic E-state index is 0.0986. The fourth-order valence-corrected chi connectivity index (χ4v) is 2.05. The van der Waals surface area contributed by atoms with Crippen LogP contribution in [0.3, 0.4) is 0 Å². The largest absolute Gasteiger partial charge is 0.465 e. The number of anilines is 1. The molecule has 0 aliphatic carbocycles. The Labute approximate surface area is 150 Å². The Morgan fingerprint density at radius 3 is 2.23 bits per heavy atom. The molecule has 8 heteroatoms. The second-order valence-electron chi connectivity index (χ2n) is 5.18. The first-order chi connectivity index (χ1) is 12.5. The van der Waals surface area contributed by atoms with E-state index in [-0.39, 0.29) is 17.3 Å². The van der Waals surface area contributed by atoms with E-state index in [1.807, 2.05) is 0 Å². The van der Waals surface area contributed by atoms with Gasteiger partial charge in [-0.3, -0.25) is 9.59 Å². The van der Waals surface area contributed by atoms with E-state index in [1.165, 1.54) is 38.5 Å². The van der Waals surface area contributed by atoms with Gasteiger partial charge in [-0.2, -0.15) is 0 Å². The quantitative estimate of drug-likeness (QED) is 0.574. The number of nitrogens with one attached hydrogen (secondary N) is 2. The number of amides is 2. The highest BCUT2D eigenvalue weighted by Gasteiger charge is 2.13. The maximum atomic E-state index is 12.3. The van der Waals surface area contributed by atoms with Gasteiger partial charge in [0.05, 0.1) is 19.3 Å². The number of carbonyl (C=O) groups excluding carboxylic acids is 3. The van der Waals surface area contributed by atoms with E-state index in [1.54, 1.807) is 18.2 Å². The number of hydrogen-bond acceptors (Lipinski definition) is 6. The lowest BCUT2D eigenvalue weighted by atomic mass is 10.2. The average Bonchev–Trinajstić information content (AvgIpc) is 2.68. The first kappa shape index (κ1) is 19.1. The van der Waals surface area contributed by atoms with Gasteiger partial charge in [0.25, 0.3) is 11.8 Å². The molecule has 2 N–H and O–H groups in total. The molecule has 0 fully saturated rings. The van der Waals surface area contributed by atoms with Gasteiger partial charge in [0.15, 0.2) is 0 Å². The molecule has 1 aromatic heterocycles. The second kappa shape index (κ2) is 9.28. The summed E-state index contributed by atoms with van der Waals surface area (Å²) in [5.41, 5.74) is 1.09. The third-order valence-electron chi connectivity index (χ3n) is 3.37. The van der Waals surface area contributed by atoms with Crippen molar-refractivity contribution in [2.45, 2.75) is 0 Å². The summed E-state index contributed by atoms with van der Waals surface area (Å²) in [5, 5.41) is 5.29. The number of hydrogen-bond donors (Lipinski definition) is 2. The summed E-state index contributed by atoms with van der Waals surface area (Å²) >= 11 is 0. The molecule has 0 saturated heterocycles. The number of nitrogens with zero attached hydrogens (tertiary/aromatic N) is 1. The summed E-state index contributed by atoms with van der Waals surface area (Å²) in [6.07, 6.45) is 0. The van der Waals surface area contributed by atoms with Crippen LogP contribution in [0, 0.1) is 0 Å². The van der Waals surface area contributed by atoms with Gasteiger partial charge >= 0.3 is 5.97 Å². The van der Waals surface area contributed by atoms with Gasteiger partial charge in [-0.05, 0) is 36.4 Å². The van der Waals surface area contributed by atoms with Crippen LogP contribution < -0.4 is 10.6 Å². The van der Waals surface area contributed by atoms with E-state index in [0.717, 1.165) is 0 Å². The first-order valence-electron chi connectivity index (χ1n) is 7.79. The predicted octanol–water partition coefficient (Wildman–Crippen LogP) is 1.50. The molecule has 1 heterocycles. The molecule has 2 aromatic rings. The number of ether oxygens (including phenoxy) is 2. The zero-order valence-electron chi connectivity index (χ0n) is 14.4. The van der Waals surface area contributed by atoms with Crippen molar-refractivity contribution < 1.29 is 23.9 Å². The third-order valence-corrected chi connectivity index (χ3v) is 3.37. The molecule has 0 saturated carbocycles. The lowest BCUT2D eigenvalue weighted by Crippen LogP contribution is -2.28. The number of benzene rings is 1. The number of pyridine rings is 1. The van der Waals surface area contributed by atoms with Crippen LogP contribution in [-0.2, 0) is 9.47 Å². The summed E-state index contributed by atoms with van der Waals surface area (Å²) in [6.45, 7) is 0.730. The molecule has 136 valence electrons. The first-order valence-corrected chi connectivity index (χ1v) is 7.79. The van der Waals surface area contributed by atoms with Gasteiger partial charge in [-0.25, -0.2) is 9.78 Å². The van der Waals surface area contributed by atoms with Crippen molar-refractivity contribution >= 4 is 23.5 Å². The molecule has 2 rings (SSSR count). The molecule has 26 heavy (non-hydrogen) atoms. The molecular weight excluding hydrogens is 338 g/mol. The topological polar surface area (TPSA) is 107 Å². The minimum Gasteiger partial charge on any atom is -0.465 e. The lowest BCUT2D eigenvalue weighted by molar-refractivity contribution is 0.0600. The van der Waals surface area contributed by atoms with E-state index >= 15 is 0 Å². The minimum atomic E-state index is -0.470. The highest BCUT2D eigenvalue weighted by Crippen LogP contribution is 2.12. The van der Waals surface area contributed by atoms with E-state index in [2.05, 4.69) is 20.4 Å². The Morgan fingerprint density at radius 1 is 0.962 bits per heavy atom. The van der Waals surface area contributed by atoms with E-state index < -0.39 is 11.9 Å². The summed E-state index contributed by atoms with van der Waals surface area (Å²) < 4.78 is 9.47. The lowest BCUT2D eigenvalue weighted by Gasteiger charge is -2.07. The highest BCUT2D eigenvalue weighted by atomic mass is 16.5. The van der Waals surface area contributed by atoms with Crippen LogP contribution in [0.15, 0.2) is 42.5 Å². The van der Waals surface area contributed by atoms with Crippen molar-refractivity contribution in [3.8, 4) is 0 Å². The molecular formula is C18H19N3O5. The summed E-state index contributed by atoms with van der Waals surface area (Å²) in [7, 11) is 2.83. The average molecular weight is 357 g/mol. The van der Waals surface area contributed by atoms with Crippen molar-refractivity contribution in [1.29, 1.82) is 0 Å². The monoisotopic (exact) mass is 357 g/mol. The molecule has 0 atom stereocenters. The molecule has 0 unspecified atom stereocenters. The van der Waals surface area contributed by atoms with Crippen molar-refractivity contribution in [1.82, 2.24) is 10.3 Å². The highest BCUT2D eigenvalue weighted by molar-refractivity contribution is 6.04. The second-order valence-corrected chi connectivity index (χ2v) is 5.18. The Hall–Kier alpha value is -3.26. The molecule has 2 amide bonds. The van der Waals surface area contributed by atoms with Crippen molar-refractivity contribution in [3.05, 3.63) is 59.4 Å². The van der Waals surface area contributed by atoms with E-state index in [9.17, 15) is 14.4 Å². The van der Waals surface area contributed by atoms with Crippen LogP contribution in [0.5, 0.6) is 0 Å². The number of methoxy groups -OCH3 is 2. The Kier molecular flexibility index (Phi) is 6.81. The molecule has 1 aromatic carbocycles. The molecule has 8 nitrogen and oxygen atoms in total. The molecule has 0 aliphatic heterocycles. The number of esters is 1. The SMILES string of the molecule is COCCNC(=O)c1cccc(C(=O)Nc2ccc(C(=O)OC)cc2)n1. The van der Waals surface area contributed by atoms with Gasteiger partial charge in [0, 0.05) is 19.3 Å². The third kappa shape index (κ3) is 5.12. The maximum Gasteiger partial charge on any atom is 0.337 e. The van der Waals surface area contributed by atoms with Gasteiger partial charge in [0.2, 0.25) is 0 Å². The zero-order chi connectivity index (χ0) is 18.9. The fourth-order valence-electron chi connectivity index (χ4n) is 2.05. The van der Waals surface area contributed by atoms with Crippen molar-refractivity contribution in [2.75, 3.05) is 32.7 Å². The molecule has 0 bridgehead atoms. The van der Waals surface area contributed by atoms with Crippen molar-refractivity contribution in [3.63, 3.8) is 0 Å². The Morgan fingerprint density at radius 2 is 1.62 bits per heavy atom. The van der Waals surface area contributed by atoms with Crippen LogP contribution in [0.1, 0.15) is 31.3 Å². The van der Waals surface area contributed by atoms with Crippen LogP contribution in [0.4, 0.5) is 5.69 Å². The fraction of sp³-hybridized carbons (Fsp3) is 0.222. The van der Waals surface area contributed by atoms with Crippen molar-refractivity contribution in [2.24, 2.45) is 0 Å². The number of rotatable bonds is 7. The van der Waals surface area contributed by atoms with Crippen LogP contribution in [0.2, 0.25) is 0 Å². The summed E-state index contributed by atoms with van der Waals surface area (Å²) in [5.74, 6) is -1.32. The molecule has 0 spiro atoms. The zero-order valence-corrected chi connectivity index (χ0v) is 14.4. The van der Waals surface area contributed by atoms with Crippen LogP contribution >= 0.6 is 0 Å². The normalized spacial score (nSPS) is 10.1. The van der Waals surface area contributed by atoms with Gasteiger partial charge in [-0.15, -0.1) is 0 Å². The van der Waals surface area contributed by atoms with Gasteiger partial charge < -0.3 is 20.1 Å². The van der Waals surface area contributed by atoms with Gasteiger partial charge in [-0.1, -0.05) is 6.07 Å². The smallest absolute Gasteiger partial charge is 0.337 e. The summed E-state index contributed by atoms with van der Waals surface area (Å²) in [4.78, 5) is 39.8. The predicted molar refractivity (Wildman–Crippen MR) is 94.2 cm³/mol. The van der Waals surface area contributed by atoms with E-state index in [4.69, 9.17) is 4.74 Å². The number of carbonyl (C=O) groups is 3. The van der Waals surface area contributed by atoms with Crippen LogP contribution in [-0.4, -0.2) is 50.1 Å².